The monoisotopic (exact) mass is 277 g/mol. The van der Waals surface area contributed by atoms with Crippen LogP contribution in [-0.2, 0) is 9.84 Å². The number of benzene rings is 1. The lowest BCUT2D eigenvalue weighted by molar-refractivity contribution is 0.510. The van der Waals surface area contributed by atoms with Crippen LogP contribution in [0.25, 0.3) is 0 Å². The topological polar surface area (TPSA) is 46.2 Å². The highest BCUT2D eigenvalue weighted by atomic mass is 32.2. The Bertz CT molecular complexity index is 517. The molecule has 0 fully saturated rings. The number of sulfone groups is 1. The van der Waals surface area contributed by atoms with Gasteiger partial charge in [-0.05, 0) is 38.6 Å². The molecule has 0 spiro atoms. The summed E-state index contributed by atoms with van der Waals surface area (Å²) in [6, 6.07) is 2.10. The predicted molar refractivity (Wildman–Crippen MR) is 66.1 cm³/mol. The van der Waals surface area contributed by atoms with Crippen molar-refractivity contribution in [2.75, 3.05) is 6.54 Å². The first-order valence-electron chi connectivity index (χ1n) is 5.73. The average Bonchev–Trinajstić information content (AvgIpc) is 2.31. The number of rotatable bonds is 5. The highest BCUT2D eigenvalue weighted by molar-refractivity contribution is 7.92. The second kappa shape index (κ2) is 5.75. The smallest absolute Gasteiger partial charge is 0.185 e. The van der Waals surface area contributed by atoms with Gasteiger partial charge >= 0.3 is 0 Å². The van der Waals surface area contributed by atoms with Gasteiger partial charge in [-0.25, -0.2) is 17.2 Å². The van der Waals surface area contributed by atoms with Crippen LogP contribution in [-0.4, -0.2) is 26.3 Å². The fourth-order valence-electron chi connectivity index (χ4n) is 1.65. The maximum Gasteiger partial charge on any atom is 0.185 e. The van der Waals surface area contributed by atoms with E-state index < -0.39 is 31.6 Å². The lowest BCUT2D eigenvalue weighted by Gasteiger charge is -2.21. The summed E-state index contributed by atoms with van der Waals surface area (Å²) in [6.07, 6.45) is 0. The van der Waals surface area contributed by atoms with E-state index in [0.717, 1.165) is 18.2 Å². The van der Waals surface area contributed by atoms with Crippen molar-refractivity contribution in [1.82, 2.24) is 5.32 Å². The molecule has 2 atom stereocenters. The zero-order valence-electron chi connectivity index (χ0n) is 10.6. The molecule has 2 unspecified atom stereocenters. The predicted octanol–water partition coefficient (Wildman–Crippen LogP) is 2.12. The molecule has 1 N–H and O–H groups in total. The van der Waals surface area contributed by atoms with Gasteiger partial charge in [0.2, 0.25) is 0 Å². The number of hydrogen-bond donors (Lipinski definition) is 1. The highest BCUT2D eigenvalue weighted by Gasteiger charge is 2.30. The normalized spacial score (nSPS) is 15.4. The summed E-state index contributed by atoms with van der Waals surface area (Å²) in [4.78, 5) is -0.584. The van der Waals surface area contributed by atoms with Crippen molar-refractivity contribution in [3.63, 3.8) is 0 Å². The summed E-state index contributed by atoms with van der Waals surface area (Å²) in [5, 5.41) is 2.12. The molecule has 0 aliphatic heterocycles. The molecule has 0 radical (unpaired) electrons. The van der Waals surface area contributed by atoms with Crippen LogP contribution in [0.3, 0.4) is 0 Å². The Labute approximate surface area is 106 Å². The maximum absolute atomic E-state index is 13.5. The molecule has 1 rings (SSSR count). The fraction of sp³-hybridized carbons (Fsp3) is 0.500. The Morgan fingerprint density at radius 2 is 1.89 bits per heavy atom. The van der Waals surface area contributed by atoms with Crippen LogP contribution >= 0.6 is 0 Å². The van der Waals surface area contributed by atoms with Crippen LogP contribution in [0.5, 0.6) is 0 Å². The van der Waals surface area contributed by atoms with E-state index in [-0.39, 0.29) is 6.04 Å². The third kappa shape index (κ3) is 3.05. The summed E-state index contributed by atoms with van der Waals surface area (Å²) < 4.78 is 50.9. The van der Waals surface area contributed by atoms with Gasteiger partial charge < -0.3 is 5.32 Å². The minimum absolute atomic E-state index is 0.345. The van der Waals surface area contributed by atoms with Gasteiger partial charge in [0.05, 0.1) is 5.25 Å². The molecule has 0 bridgehead atoms. The van der Waals surface area contributed by atoms with Crippen LogP contribution < -0.4 is 5.32 Å². The number of halogens is 2. The van der Waals surface area contributed by atoms with Gasteiger partial charge in [-0.3, -0.25) is 0 Å². The summed E-state index contributed by atoms with van der Waals surface area (Å²) in [6.45, 7) is 5.63. The van der Waals surface area contributed by atoms with Gasteiger partial charge in [0.15, 0.2) is 9.84 Å². The molecule has 6 heteroatoms. The fourth-order valence-corrected chi connectivity index (χ4v) is 3.30. The molecule has 0 saturated carbocycles. The first kappa shape index (κ1) is 15.0. The lowest BCUT2D eigenvalue weighted by atomic mass is 10.2. The molecule has 1 aromatic rings. The molecule has 18 heavy (non-hydrogen) atoms. The van der Waals surface area contributed by atoms with E-state index >= 15 is 0 Å². The van der Waals surface area contributed by atoms with Crippen LogP contribution in [0, 0.1) is 11.6 Å². The average molecular weight is 277 g/mol. The van der Waals surface area contributed by atoms with E-state index in [1.165, 1.54) is 6.92 Å². The molecule has 1 aromatic carbocycles. The van der Waals surface area contributed by atoms with E-state index in [9.17, 15) is 17.2 Å². The third-order valence-electron chi connectivity index (χ3n) is 2.92. The molecule has 0 aromatic heterocycles. The third-order valence-corrected chi connectivity index (χ3v) is 5.23. The summed E-state index contributed by atoms with van der Waals surface area (Å²) in [7, 11) is -3.89. The molecule has 0 aliphatic carbocycles. The Morgan fingerprint density at radius 1 is 1.28 bits per heavy atom. The SMILES string of the molecule is CCNC(C)C(C)S(=O)(=O)c1cc(F)ccc1F. The largest absolute Gasteiger partial charge is 0.313 e. The summed E-state index contributed by atoms with van der Waals surface area (Å²) >= 11 is 0. The molecule has 0 amide bonds. The van der Waals surface area contributed by atoms with Crippen molar-refractivity contribution in [2.45, 2.75) is 37.0 Å². The second-order valence-corrected chi connectivity index (χ2v) is 6.44. The number of nitrogens with one attached hydrogen (secondary N) is 1. The van der Waals surface area contributed by atoms with E-state index in [0.29, 0.717) is 6.54 Å². The Morgan fingerprint density at radius 3 is 2.44 bits per heavy atom. The van der Waals surface area contributed by atoms with Crippen LogP contribution in [0.15, 0.2) is 23.1 Å². The minimum Gasteiger partial charge on any atom is -0.313 e. The van der Waals surface area contributed by atoms with Gasteiger partial charge in [0, 0.05) is 6.04 Å². The van der Waals surface area contributed by atoms with E-state index in [1.807, 2.05) is 6.92 Å². The molecular formula is C12H17F2NO2S. The Kier molecular flexibility index (Phi) is 4.81. The second-order valence-electron chi connectivity index (χ2n) is 4.17. The van der Waals surface area contributed by atoms with Crippen molar-refractivity contribution >= 4 is 9.84 Å². The first-order valence-corrected chi connectivity index (χ1v) is 7.27. The van der Waals surface area contributed by atoms with Crippen molar-refractivity contribution in [1.29, 1.82) is 0 Å². The van der Waals surface area contributed by atoms with Crippen LogP contribution in [0.1, 0.15) is 20.8 Å². The minimum atomic E-state index is -3.89. The van der Waals surface area contributed by atoms with Gasteiger partial charge in [-0.1, -0.05) is 6.92 Å². The van der Waals surface area contributed by atoms with Gasteiger partial charge in [-0.15, -0.1) is 0 Å². The maximum atomic E-state index is 13.5. The standard InChI is InChI=1S/C12H17F2NO2S/c1-4-15-8(2)9(3)18(16,17)12-7-10(13)5-6-11(12)14/h5-9,15H,4H2,1-3H3. The van der Waals surface area contributed by atoms with Gasteiger partial charge in [0.25, 0.3) is 0 Å². The van der Waals surface area contributed by atoms with Gasteiger partial charge in [0.1, 0.15) is 16.5 Å². The van der Waals surface area contributed by atoms with Crippen molar-refractivity contribution in [3.05, 3.63) is 29.8 Å². The van der Waals surface area contributed by atoms with E-state index in [4.69, 9.17) is 0 Å². The van der Waals surface area contributed by atoms with Gasteiger partial charge in [-0.2, -0.15) is 0 Å². The molecule has 0 aliphatic rings. The first-order chi connectivity index (χ1) is 8.30. The highest BCUT2D eigenvalue weighted by Crippen LogP contribution is 2.22. The van der Waals surface area contributed by atoms with Crippen molar-refractivity contribution in [2.24, 2.45) is 0 Å². The quantitative estimate of drug-likeness (QED) is 0.896. The summed E-state index contributed by atoms with van der Waals surface area (Å²) in [5.74, 6) is -1.69. The number of hydrogen-bond acceptors (Lipinski definition) is 3. The molecular weight excluding hydrogens is 260 g/mol. The summed E-state index contributed by atoms with van der Waals surface area (Å²) in [5.41, 5.74) is 0. The Balaban J connectivity index is 3.17. The van der Waals surface area contributed by atoms with Crippen molar-refractivity contribution in [3.8, 4) is 0 Å². The van der Waals surface area contributed by atoms with E-state index in [2.05, 4.69) is 5.32 Å². The van der Waals surface area contributed by atoms with E-state index in [1.54, 1.807) is 6.92 Å². The van der Waals surface area contributed by atoms with Crippen LogP contribution in [0.4, 0.5) is 8.78 Å². The molecule has 0 heterocycles. The van der Waals surface area contributed by atoms with Crippen LogP contribution in [0.2, 0.25) is 0 Å². The molecule has 0 saturated heterocycles. The Hall–Kier alpha value is -1.01. The molecule has 3 nitrogen and oxygen atoms in total. The van der Waals surface area contributed by atoms with Crippen molar-refractivity contribution < 1.29 is 17.2 Å². The molecule has 102 valence electrons. The zero-order chi connectivity index (χ0) is 13.9. The lowest BCUT2D eigenvalue weighted by Crippen LogP contribution is -2.40. The zero-order valence-corrected chi connectivity index (χ0v) is 11.4.